The van der Waals surface area contributed by atoms with E-state index in [4.69, 9.17) is 14.6 Å². The van der Waals surface area contributed by atoms with Crippen molar-refractivity contribution < 1.29 is 14.6 Å². The van der Waals surface area contributed by atoms with Gasteiger partial charge in [-0.1, -0.05) is 17.9 Å². The van der Waals surface area contributed by atoms with E-state index in [-0.39, 0.29) is 12.7 Å². The molecule has 0 heterocycles. The molecule has 2 unspecified atom stereocenters. The number of benzene rings is 1. The van der Waals surface area contributed by atoms with E-state index in [2.05, 4.69) is 11.8 Å². The highest BCUT2D eigenvalue weighted by atomic mass is 16.5. The molecule has 114 valence electrons. The van der Waals surface area contributed by atoms with Crippen LogP contribution in [0.25, 0.3) is 0 Å². The molecule has 2 rings (SSSR count). The van der Waals surface area contributed by atoms with Gasteiger partial charge in [0.15, 0.2) is 0 Å². The number of ether oxygens (including phenoxy) is 2. The lowest BCUT2D eigenvalue weighted by Gasteiger charge is -2.29. The van der Waals surface area contributed by atoms with Gasteiger partial charge in [-0.2, -0.15) is 0 Å². The quantitative estimate of drug-likeness (QED) is 0.865. The minimum absolute atomic E-state index is 0.0904. The van der Waals surface area contributed by atoms with Gasteiger partial charge in [0.2, 0.25) is 0 Å². The molecule has 3 heteroatoms. The number of hydrogen-bond donors (Lipinski definition) is 1. The fourth-order valence-corrected chi connectivity index (χ4v) is 2.66. The molecule has 1 fully saturated rings. The summed E-state index contributed by atoms with van der Waals surface area (Å²) in [6.07, 6.45) is 5.25. The molecule has 21 heavy (non-hydrogen) atoms. The van der Waals surface area contributed by atoms with Crippen LogP contribution in [0.1, 0.15) is 43.2 Å². The second kappa shape index (κ2) is 8.07. The Morgan fingerprint density at radius 3 is 2.86 bits per heavy atom. The van der Waals surface area contributed by atoms with Crippen molar-refractivity contribution in [2.75, 3.05) is 13.7 Å². The molecule has 1 aliphatic rings. The molecule has 3 nitrogen and oxygen atoms in total. The summed E-state index contributed by atoms with van der Waals surface area (Å²) < 4.78 is 11.6. The maximum atomic E-state index is 8.84. The van der Waals surface area contributed by atoms with Gasteiger partial charge in [0.1, 0.15) is 11.9 Å². The highest BCUT2D eigenvalue weighted by Gasteiger charge is 2.23. The van der Waals surface area contributed by atoms with Gasteiger partial charge >= 0.3 is 0 Å². The summed E-state index contributed by atoms with van der Waals surface area (Å²) in [5.74, 6) is 6.92. The molecular formula is C18H24O3. The Bertz CT molecular complexity index is 513. The predicted molar refractivity (Wildman–Crippen MR) is 83.4 cm³/mol. The van der Waals surface area contributed by atoms with Gasteiger partial charge in [-0.15, -0.1) is 0 Å². The lowest BCUT2D eigenvalue weighted by atomic mass is 9.95. The van der Waals surface area contributed by atoms with Crippen molar-refractivity contribution in [3.63, 3.8) is 0 Å². The molecule has 0 aliphatic heterocycles. The number of hydrogen-bond acceptors (Lipinski definition) is 3. The van der Waals surface area contributed by atoms with Gasteiger partial charge in [-0.25, -0.2) is 0 Å². The van der Waals surface area contributed by atoms with E-state index in [0.29, 0.717) is 12.5 Å². The number of aryl methyl sites for hydroxylation is 1. The Kier molecular flexibility index (Phi) is 6.10. The minimum Gasteiger partial charge on any atom is -0.489 e. The molecule has 1 aromatic carbocycles. The summed E-state index contributed by atoms with van der Waals surface area (Å²) in [5, 5.41) is 8.84. The Labute approximate surface area is 127 Å². The normalized spacial score (nSPS) is 21.5. The first kappa shape index (κ1) is 15.9. The molecule has 0 bridgehead atoms. The van der Waals surface area contributed by atoms with Gasteiger partial charge in [-0.3, -0.25) is 0 Å². The molecule has 0 aromatic heterocycles. The van der Waals surface area contributed by atoms with Crippen LogP contribution in [-0.2, 0) is 4.74 Å². The molecule has 1 saturated carbocycles. The molecule has 0 saturated heterocycles. The van der Waals surface area contributed by atoms with Crippen LogP contribution in [0.15, 0.2) is 18.2 Å². The predicted octanol–water partition coefficient (Wildman–Crippen LogP) is 3.07. The van der Waals surface area contributed by atoms with Crippen LogP contribution >= 0.6 is 0 Å². The summed E-state index contributed by atoms with van der Waals surface area (Å²) in [7, 11) is 1.77. The van der Waals surface area contributed by atoms with Crippen molar-refractivity contribution in [2.24, 2.45) is 0 Å². The zero-order valence-corrected chi connectivity index (χ0v) is 12.9. The molecular weight excluding hydrogens is 264 g/mol. The number of methoxy groups -OCH3 is 1. The molecule has 1 aromatic rings. The fourth-order valence-electron chi connectivity index (χ4n) is 2.66. The smallest absolute Gasteiger partial charge is 0.135 e. The standard InChI is InChI=1S/C18H24O3/c1-14-9-10-18(15(12-14)6-3-4-11-19)21-17-8-5-7-16(13-17)20-2/h9-10,12,16-17,19H,4-5,7-8,11,13H2,1-2H3. The third kappa shape index (κ3) is 4.77. The second-order valence-electron chi connectivity index (χ2n) is 5.54. The minimum atomic E-state index is 0.0904. The highest BCUT2D eigenvalue weighted by molar-refractivity contribution is 5.48. The van der Waals surface area contributed by atoms with E-state index in [1.165, 1.54) is 0 Å². The van der Waals surface area contributed by atoms with Crippen LogP contribution in [0, 0.1) is 18.8 Å². The Morgan fingerprint density at radius 2 is 2.10 bits per heavy atom. The van der Waals surface area contributed by atoms with Crippen LogP contribution in [-0.4, -0.2) is 31.0 Å². The topological polar surface area (TPSA) is 38.7 Å². The van der Waals surface area contributed by atoms with E-state index in [1.54, 1.807) is 7.11 Å². The van der Waals surface area contributed by atoms with Crippen molar-refractivity contribution in [3.05, 3.63) is 29.3 Å². The maximum absolute atomic E-state index is 8.84. The molecule has 0 spiro atoms. The average Bonchev–Trinajstić information content (AvgIpc) is 2.50. The van der Waals surface area contributed by atoms with E-state index in [9.17, 15) is 0 Å². The summed E-state index contributed by atoms with van der Waals surface area (Å²) >= 11 is 0. The first-order valence-electron chi connectivity index (χ1n) is 7.62. The first-order valence-corrected chi connectivity index (χ1v) is 7.62. The molecule has 0 radical (unpaired) electrons. The van der Waals surface area contributed by atoms with E-state index < -0.39 is 0 Å². The number of aliphatic hydroxyl groups excluding tert-OH is 1. The van der Waals surface area contributed by atoms with E-state index in [1.807, 2.05) is 25.1 Å². The van der Waals surface area contributed by atoms with E-state index >= 15 is 0 Å². The van der Waals surface area contributed by atoms with Gasteiger partial charge in [0, 0.05) is 20.0 Å². The Balaban J connectivity index is 2.10. The molecule has 1 N–H and O–H groups in total. The van der Waals surface area contributed by atoms with Crippen molar-refractivity contribution in [2.45, 2.75) is 51.2 Å². The SMILES string of the molecule is COC1CCCC(Oc2ccc(C)cc2C#CCCO)C1. The van der Waals surface area contributed by atoms with Crippen molar-refractivity contribution >= 4 is 0 Å². The Hall–Kier alpha value is -1.50. The van der Waals surface area contributed by atoms with Crippen LogP contribution in [0.5, 0.6) is 5.75 Å². The van der Waals surface area contributed by atoms with Crippen molar-refractivity contribution in [3.8, 4) is 17.6 Å². The van der Waals surface area contributed by atoms with E-state index in [0.717, 1.165) is 42.6 Å². The lowest BCUT2D eigenvalue weighted by Crippen LogP contribution is -2.29. The molecule has 0 amide bonds. The summed E-state index contributed by atoms with van der Waals surface area (Å²) in [6.45, 7) is 2.13. The maximum Gasteiger partial charge on any atom is 0.135 e. The average molecular weight is 288 g/mol. The zero-order valence-electron chi connectivity index (χ0n) is 12.9. The summed E-state index contributed by atoms with van der Waals surface area (Å²) in [5.41, 5.74) is 2.07. The van der Waals surface area contributed by atoms with Crippen LogP contribution in [0.2, 0.25) is 0 Å². The van der Waals surface area contributed by atoms with Crippen molar-refractivity contribution in [1.82, 2.24) is 0 Å². The van der Waals surface area contributed by atoms with Gasteiger partial charge in [0.25, 0.3) is 0 Å². The van der Waals surface area contributed by atoms with Crippen molar-refractivity contribution in [1.29, 1.82) is 0 Å². The van der Waals surface area contributed by atoms with Gasteiger partial charge in [0.05, 0.1) is 18.3 Å². The number of aliphatic hydroxyl groups is 1. The lowest BCUT2D eigenvalue weighted by molar-refractivity contribution is 0.0209. The van der Waals surface area contributed by atoms with Crippen LogP contribution in [0.4, 0.5) is 0 Å². The summed E-state index contributed by atoms with van der Waals surface area (Å²) in [6, 6.07) is 6.08. The zero-order chi connectivity index (χ0) is 15.1. The third-order valence-corrected chi connectivity index (χ3v) is 3.80. The first-order chi connectivity index (χ1) is 10.2. The molecule has 1 aliphatic carbocycles. The second-order valence-corrected chi connectivity index (χ2v) is 5.54. The third-order valence-electron chi connectivity index (χ3n) is 3.80. The largest absolute Gasteiger partial charge is 0.489 e. The Morgan fingerprint density at radius 1 is 1.29 bits per heavy atom. The fraction of sp³-hybridized carbons (Fsp3) is 0.556. The highest BCUT2D eigenvalue weighted by Crippen LogP contribution is 2.27. The van der Waals surface area contributed by atoms with Gasteiger partial charge in [-0.05, 0) is 43.9 Å². The van der Waals surface area contributed by atoms with Gasteiger partial charge < -0.3 is 14.6 Å². The number of rotatable bonds is 4. The monoisotopic (exact) mass is 288 g/mol. The summed E-state index contributed by atoms with van der Waals surface area (Å²) in [4.78, 5) is 0. The van der Waals surface area contributed by atoms with Crippen LogP contribution in [0.3, 0.4) is 0 Å². The van der Waals surface area contributed by atoms with Crippen LogP contribution < -0.4 is 4.74 Å². The molecule has 2 atom stereocenters.